The maximum atomic E-state index is 12.6. The van der Waals surface area contributed by atoms with Gasteiger partial charge in [0.05, 0.1) is 17.2 Å². The standard InChI is InChI=1S/C24H29N5O2/c1-2-27-11-13-28(14-12-27)17-20-8-4-3-7-19(20)15-26-23(30)18-29-22-10-6-5-9-21(22)25-16-24(29)31/h3-10,16H,2,11-15,17-18H2,1H3,(H,26,30). The molecule has 0 spiro atoms. The molecular weight excluding hydrogens is 390 g/mol. The van der Waals surface area contributed by atoms with E-state index in [4.69, 9.17) is 0 Å². The van der Waals surface area contributed by atoms with Crippen LogP contribution in [0.25, 0.3) is 11.0 Å². The number of nitrogens with zero attached hydrogens (tertiary/aromatic N) is 4. The highest BCUT2D eigenvalue weighted by atomic mass is 16.2. The van der Waals surface area contributed by atoms with E-state index in [1.54, 1.807) is 0 Å². The second kappa shape index (κ2) is 9.85. The van der Waals surface area contributed by atoms with Crippen LogP contribution in [0.2, 0.25) is 0 Å². The molecule has 0 saturated carbocycles. The molecule has 1 fully saturated rings. The molecule has 1 aromatic heterocycles. The highest BCUT2D eigenvalue weighted by Crippen LogP contribution is 2.14. The van der Waals surface area contributed by atoms with Crippen molar-refractivity contribution in [2.75, 3.05) is 32.7 Å². The second-order valence-corrected chi connectivity index (χ2v) is 7.93. The molecule has 7 heteroatoms. The number of rotatable bonds is 7. The van der Waals surface area contributed by atoms with Gasteiger partial charge in [0.2, 0.25) is 5.91 Å². The highest BCUT2D eigenvalue weighted by molar-refractivity contribution is 5.79. The van der Waals surface area contributed by atoms with Crippen molar-refractivity contribution in [3.63, 3.8) is 0 Å². The summed E-state index contributed by atoms with van der Waals surface area (Å²) in [5.41, 5.74) is 3.43. The van der Waals surface area contributed by atoms with E-state index < -0.39 is 0 Å². The molecule has 0 aliphatic carbocycles. The van der Waals surface area contributed by atoms with Crippen LogP contribution in [0.15, 0.2) is 59.5 Å². The Kier molecular flexibility index (Phi) is 6.74. The third kappa shape index (κ3) is 5.18. The van der Waals surface area contributed by atoms with Crippen molar-refractivity contribution in [1.29, 1.82) is 0 Å². The lowest BCUT2D eigenvalue weighted by atomic mass is 10.1. The molecule has 3 aromatic rings. The van der Waals surface area contributed by atoms with E-state index in [0.717, 1.165) is 44.8 Å². The van der Waals surface area contributed by atoms with Crippen LogP contribution >= 0.6 is 0 Å². The first-order valence-corrected chi connectivity index (χ1v) is 10.9. The molecule has 4 rings (SSSR count). The Balaban J connectivity index is 1.39. The number of para-hydroxylation sites is 2. The van der Waals surface area contributed by atoms with Crippen LogP contribution < -0.4 is 10.9 Å². The van der Waals surface area contributed by atoms with Crippen LogP contribution in [0, 0.1) is 0 Å². The predicted molar refractivity (Wildman–Crippen MR) is 122 cm³/mol. The van der Waals surface area contributed by atoms with Crippen LogP contribution in [0.3, 0.4) is 0 Å². The number of nitrogens with one attached hydrogen (secondary N) is 1. The number of carbonyl (C=O) groups is 1. The van der Waals surface area contributed by atoms with Gasteiger partial charge in [0, 0.05) is 39.3 Å². The normalized spacial score (nSPS) is 15.3. The molecule has 0 unspecified atom stereocenters. The number of benzene rings is 2. The third-order valence-electron chi connectivity index (χ3n) is 5.95. The zero-order valence-electron chi connectivity index (χ0n) is 18.0. The number of hydrogen-bond acceptors (Lipinski definition) is 5. The first-order chi connectivity index (χ1) is 15.1. The smallest absolute Gasteiger partial charge is 0.269 e. The highest BCUT2D eigenvalue weighted by Gasteiger charge is 2.17. The predicted octanol–water partition coefficient (Wildman–Crippen LogP) is 1.85. The number of carbonyl (C=O) groups excluding carboxylic acids is 1. The molecule has 2 heterocycles. The van der Waals surface area contributed by atoms with Crippen molar-refractivity contribution in [2.24, 2.45) is 0 Å². The molecule has 1 N–H and O–H groups in total. The van der Waals surface area contributed by atoms with Gasteiger partial charge in [0.1, 0.15) is 6.54 Å². The summed E-state index contributed by atoms with van der Waals surface area (Å²) < 4.78 is 1.47. The third-order valence-corrected chi connectivity index (χ3v) is 5.95. The van der Waals surface area contributed by atoms with Gasteiger partial charge in [-0.05, 0) is 29.8 Å². The summed E-state index contributed by atoms with van der Waals surface area (Å²) in [6, 6.07) is 15.6. The van der Waals surface area contributed by atoms with Crippen molar-refractivity contribution < 1.29 is 4.79 Å². The van der Waals surface area contributed by atoms with Gasteiger partial charge in [-0.15, -0.1) is 0 Å². The van der Waals surface area contributed by atoms with E-state index in [2.05, 4.69) is 39.2 Å². The Morgan fingerprint density at radius 3 is 2.42 bits per heavy atom. The van der Waals surface area contributed by atoms with Crippen LogP contribution in [-0.2, 0) is 24.4 Å². The van der Waals surface area contributed by atoms with E-state index in [9.17, 15) is 9.59 Å². The number of amides is 1. The Hall–Kier alpha value is -3.03. The topological polar surface area (TPSA) is 70.5 Å². The summed E-state index contributed by atoms with van der Waals surface area (Å²) in [5.74, 6) is -0.190. The first kappa shape index (κ1) is 21.2. The van der Waals surface area contributed by atoms with Crippen molar-refractivity contribution in [3.8, 4) is 0 Å². The van der Waals surface area contributed by atoms with E-state index in [-0.39, 0.29) is 18.0 Å². The Morgan fingerprint density at radius 2 is 1.65 bits per heavy atom. The maximum Gasteiger partial charge on any atom is 0.269 e. The van der Waals surface area contributed by atoms with Gasteiger partial charge in [-0.25, -0.2) is 4.98 Å². The van der Waals surface area contributed by atoms with Crippen molar-refractivity contribution >= 4 is 16.9 Å². The Labute approximate surface area is 182 Å². The molecular formula is C24H29N5O2. The number of fused-ring (bicyclic) bond motifs is 1. The fourth-order valence-electron chi connectivity index (χ4n) is 4.06. The second-order valence-electron chi connectivity index (χ2n) is 7.93. The van der Waals surface area contributed by atoms with Crippen LogP contribution in [-0.4, -0.2) is 58.0 Å². The lowest BCUT2D eigenvalue weighted by molar-refractivity contribution is -0.121. The van der Waals surface area contributed by atoms with Crippen LogP contribution in [0.4, 0.5) is 0 Å². The molecule has 0 atom stereocenters. The van der Waals surface area contributed by atoms with Crippen LogP contribution in [0.1, 0.15) is 18.1 Å². The minimum absolute atomic E-state index is 0.0248. The molecule has 31 heavy (non-hydrogen) atoms. The number of aromatic nitrogens is 2. The molecule has 1 aliphatic heterocycles. The lowest BCUT2D eigenvalue weighted by Gasteiger charge is -2.34. The average Bonchev–Trinajstić information content (AvgIpc) is 2.81. The van der Waals surface area contributed by atoms with Crippen molar-refractivity contribution in [1.82, 2.24) is 24.7 Å². The summed E-state index contributed by atoms with van der Waals surface area (Å²) in [6.45, 7) is 8.94. The molecule has 0 bridgehead atoms. The van der Waals surface area contributed by atoms with Gasteiger partial charge in [0.15, 0.2) is 0 Å². The van der Waals surface area contributed by atoms with Crippen LogP contribution in [0.5, 0.6) is 0 Å². The lowest BCUT2D eigenvalue weighted by Crippen LogP contribution is -2.45. The Morgan fingerprint density at radius 1 is 0.968 bits per heavy atom. The van der Waals surface area contributed by atoms with Crippen molar-refractivity contribution in [2.45, 2.75) is 26.6 Å². The number of hydrogen-bond donors (Lipinski definition) is 1. The summed E-state index contributed by atoms with van der Waals surface area (Å²) in [6.07, 6.45) is 1.27. The van der Waals surface area contributed by atoms with Gasteiger partial charge >= 0.3 is 0 Å². The molecule has 1 amide bonds. The van der Waals surface area contributed by atoms with E-state index >= 15 is 0 Å². The van der Waals surface area contributed by atoms with E-state index in [0.29, 0.717) is 17.6 Å². The summed E-state index contributed by atoms with van der Waals surface area (Å²) in [7, 11) is 0. The largest absolute Gasteiger partial charge is 0.350 e. The zero-order valence-corrected chi connectivity index (χ0v) is 18.0. The van der Waals surface area contributed by atoms with Gasteiger partial charge < -0.3 is 10.2 Å². The van der Waals surface area contributed by atoms with Gasteiger partial charge in [-0.2, -0.15) is 0 Å². The Bertz CT molecular complexity index is 1100. The number of piperazine rings is 1. The molecule has 162 valence electrons. The molecule has 1 aliphatic rings. The van der Waals surface area contributed by atoms with Gasteiger partial charge in [0.25, 0.3) is 5.56 Å². The molecule has 1 saturated heterocycles. The molecule has 0 radical (unpaired) electrons. The average molecular weight is 420 g/mol. The van der Waals surface area contributed by atoms with E-state index in [1.807, 2.05) is 36.4 Å². The first-order valence-electron chi connectivity index (χ1n) is 10.9. The fraction of sp³-hybridized carbons (Fsp3) is 0.375. The maximum absolute atomic E-state index is 12.6. The molecule has 7 nitrogen and oxygen atoms in total. The minimum Gasteiger partial charge on any atom is -0.350 e. The quantitative estimate of drug-likeness (QED) is 0.633. The monoisotopic (exact) mass is 419 g/mol. The fourth-order valence-corrected chi connectivity index (χ4v) is 4.06. The van der Waals surface area contributed by atoms with Crippen molar-refractivity contribution in [3.05, 3.63) is 76.2 Å². The SMILES string of the molecule is CCN1CCN(Cc2ccccc2CNC(=O)Cn2c(=O)cnc3ccccc32)CC1. The van der Waals surface area contributed by atoms with Gasteiger partial charge in [-0.1, -0.05) is 43.3 Å². The zero-order chi connectivity index (χ0) is 21.6. The summed E-state index contributed by atoms with van der Waals surface area (Å²) in [5, 5.41) is 2.99. The van der Waals surface area contributed by atoms with E-state index in [1.165, 1.54) is 16.3 Å². The summed E-state index contributed by atoms with van der Waals surface area (Å²) in [4.78, 5) is 34.0. The van der Waals surface area contributed by atoms with Gasteiger partial charge in [-0.3, -0.25) is 19.1 Å². The molecule has 2 aromatic carbocycles. The summed E-state index contributed by atoms with van der Waals surface area (Å²) >= 11 is 0. The number of likely N-dealkylation sites (N-methyl/N-ethyl adjacent to an activating group) is 1. The minimum atomic E-state index is -0.277.